The number of aliphatic hydroxyl groups excluding tert-OH is 1. The number of nitrogens with one attached hydrogen (secondary N) is 1. The van der Waals surface area contributed by atoms with Gasteiger partial charge in [-0.15, -0.1) is 11.3 Å². The first kappa shape index (κ1) is 18.9. The van der Waals surface area contributed by atoms with Crippen molar-refractivity contribution in [1.29, 1.82) is 0 Å². The molecule has 0 fully saturated rings. The summed E-state index contributed by atoms with van der Waals surface area (Å²) >= 11 is 3.24. The second-order valence-corrected chi connectivity index (χ2v) is 7.21. The van der Waals surface area contributed by atoms with Crippen molar-refractivity contribution >= 4 is 23.1 Å². The number of hydrogen-bond acceptors (Lipinski definition) is 7. The summed E-state index contributed by atoms with van der Waals surface area (Å²) in [6, 6.07) is 0. The van der Waals surface area contributed by atoms with E-state index in [1.54, 1.807) is 30.0 Å². The first-order chi connectivity index (χ1) is 9.94. The molecule has 1 rings (SSSR count). The standard InChI is InChI=1S/C14H26N2O3S2/c1-11-13(21-10-16-11)4-5-19-7-12(17)6-15-8-14(2,18)9-20-3/h10,12,15,17-18H,4-9H2,1-3H3. The van der Waals surface area contributed by atoms with Crippen LogP contribution in [-0.2, 0) is 11.2 Å². The van der Waals surface area contributed by atoms with Gasteiger partial charge >= 0.3 is 0 Å². The largest absolute Gasteiger partial charge is 0.389 e. The Kier molecular flexibility index (Phi) is 8.77. The van der Waals surface area contributed by atoms with E-state index in [4.69, 9.17) is 4.74 Å². The molecule has 21 heavy (non-hydrogen) atoms. The van der Waals surface area contributed by atoms with E-state index in [2.05, 4.69) is 10.3 Å². The highest BCUT2D eigenvalue weighted by molar-refractivity contribution is 7.98. The highest BCUT2D eigenvalue weighted by atomic mass is 32.2. The minimum Gasteiger partial charge on any atom is -0.389 e. The van der Waals surface area contributed by atoms with Crippen molar-refractivity contribution < 1.29 is 14.9 Å². The van der Waals surface area contributed by atoms with E-state index < -0.39 is 11.7 Å². The third-order valence-corrected chi connectivity index (χ3v) is 4.88. The van der Waals surface area contributed by atoms with Gasteiger partial charge in [0.2, 0.25) is 0 Å². The predicted molar refractivity (Wildman–Crippen MR) is 89.3 cm³/mol. The topological polar surface area (TPSA) is 74.6 Å². The van der Waals surface area contributed by atoms with Gasteiger partial charge in [0.1, 0.15) is 0 Å². The lowest BCUT2D eigenvalue weighted by molar-refractivity contribution is 0.0322. The minimum absolute atomic E-state index is 0.301. The Morgan fingerprint density at radius 3 is 2.95 bits per heavy atom. The minimum atomic E-state index is -0.746. The average molecular weight is 335 g/mol. The van der Waals surface area contributed by atoms with Crippen molar-refractivity contribution in [3.63, 3.8) is 0 Å². The van der Waals surface area contributed by atoms with Crippen LogP contribution in [0.4, 0.5) is 0 Å². The summed E-state index contributed by atoms with van der Waals surface area (Å²) in [5.74, 6) is 0.667. The van der Waals surface area contributed by atoms with Crippen LogP contribution in [0.2, 0.25) is 0 Å². The molecule has 1 aromatic rings. The van der Waals surface area contributed by atoms with Gasteiger partial charge in [0.15, 0.2) is 0 Å². The van der Waals surface area contributed by atoms with Crippen molar-refractivity contribution in [3.8, 4) is 0 Å². The van der Waals surface area contributed by atoms with E-state index in [1.165, 1.54) is 4.88 Å². The maximum Gasteiger partial charge on any atom is 0.0897 e. The molecule has 0 aromatic carbocycles. The van der Waals surface area contributed by atoms with Crippen LogP contribution < -0.4 is 5.32 Å². The van der Waals surface area contributed by atoms with E-state index in [0.717, 1.165) is 12.1 Å². The van der Waals surface area contributed by atoms with Gasteiger partial charge in [0.25, 0.3) is 0 Å². The summed E-state index contributed by atoms with van der Waals surface area (Å²) in [4.78, 5) is 5.42. The highest BCUT2D eigenvalue weighted by Crippen LogP contribution is 2.12. The highest BCUT2D eigenvalue weighted by Gasteiger charge is 2.19. The molecule has 2 atom stereocenters. The fraction of sp³-hybridized carbons (Fsp3) is 0.786. The molecule has 0 aliphatic heterocycles. The van der Waals surface area contributed by atoms with E-state index in [9.17, 15) is 10.2 Å². The molecular formula is C14H26N2O3S2. The summed E-state index contributed by atoms with van der Waals surface area (Å²) in [7, 11) is 0. The normalized spacial score (nSPS) is 15.9. The molecule has 0 bridgehead atoms. The molecule has 0 saturated heterocycles. The fourth-order valence-corrected chi connectivity index (χ4v) is 3.37. The van der Waals surface area contributed by atoms with Crippen LogP contribution in [-0.4, -0.2) is 65.2 Å². The Hall–Kier alpha value is -0.180. The molecule has 0 saturated carbocycles. The lowest BCUT2D eigenvalue weighted by atomic mass is 10.1. The molecule has 1 aromatic heterocycles. The van der Waals surface area contributed by atoms with E-state index >= 15 is 0 Å². The Labute approximate surface area is 135 Å². The lowest BCUT2D eigenvalue weighted by Gasteiger charge is -2.23. The second-order valence-electron chi connectivity index (χ2n) is 5.40. The maximum absolute atomic E-state index is 9.97. The molecule has 1 heterocycles. The molecule has 5 nitrogen and oxygen atoms in total. The zero-order chi connectivity index (χ0) is 15.7. The van der Waals surface area contributed by atoms with Crippen molar-refractivity contribution in [1.82, 2.24) is 10.3 Å². The van der Waals surface area contributed by atoms with Gasteiger partial charge < -0.3 is 20.3 Å². The van der Waals surface area contributed by atoms with Crippen molar-refractivity contribution in [2.45, 2.75) is 32.0 Å². The quantitative estimate of drug-likeness (QED) is 0.526. The van der Waals surface area contributed by atoms with Gasteiger partial charge in [-0.25, -0.2) is 4.98 Å². The molecule has 0 spiro atoms. The number of thiazole rings is 1. The molecule has 0 aliphatic carbocycles. The number of aryl methyl sites for hydroxylation is 1. The van der Waals surface area contributed by atoms with Gasteiger partial charge in [0.05, 0.1) is 36.1 Å². The number of aliphatic hydroxyl groups is 2. The van der Waals surface area contributed by atoms with Gasteiger partial charge in [-0.3, -0.25) is 0 Å². The first-order valence-corrected chi connectivity index (χ1v) is 9.29. The van der Waals surface area contributed by atoms with E-state index in [0.29, 0.717) is 32.1 Å². The van der Waals surface area contributed by atoms with E-state index in [1.807, 2.05) is 18.7 Å². The van der Waals surface area contributed by atoms with Gasteiger partial charge in [-0.2, -0.15) is 11.8 Å². The summed E-state index contributed by atoms with van der Waals surface area (Å²) in [6.45, 7) is 5.55. The second kappa shape index (κ2) is 9.76. The SMILES string of the molecule is CSCC(C)(O)CNCC(O)COCCc1scnc1C. The molecule has 0 amide bonds. The van der Waals surface area contributed by atoms with Crippen LogP contribution >= 0.6 is 23.1 Å². The van der Waals surface area contributed by atoms with Crippen LogP contribution in [0.25, 0.3) is 0 Å². The molecule has 0 radical (unpaired) electrons. The van der Waals surface area contributed by atoms with Gasteiger partial charge in [0, 0.05) is 30.1 Å². The number of ether oxygens (including phenoxy) is 1. The fourth-order valence-electron chi connectivity index (χ4n) is 1.88. The van der Waals surface area contributed by atoms with Crippen LogP contribution in [0.15, 0.2) is 5.51 Å². The predicted octanol–water partition coefficient (Wildman–Crippen LogP) is 1.08. The summed E-state index contributed by atoms with van der Waals surface area (Å²) in [5, 5.41) is 22.8. The smallest absolute Gasteiger partial charge is 0.0897 e. The Balaban J connectivity index is 2.06. The van der Waals surface area contributed by atoms with Crippen LogP contribution in [0.5, 0.6) is 0 Å². The molecule has 122 valence electrons. The number of nitrogens with zero attached hydrogens (tertiary/aromatic N) is 1. The molecule has 3 N–H and O–H groups in total. The number of aromatic nitrogens is 1. The zero-order valence-electron chi connectivity index (χ0n) is 13.0. The summed E-state index contributed by atoms with van der Waals surface area (Å²) < 4.78 is 5.48. The first-order valence-electron chi connectivity index (χ1n) is 7.01. The van der Waals surface area contributed by atoms with Gasteiger partial charge in [-0.05, 0) is 20.1 Å². The van der Waals surface area contributed by atoms with Crippen LogP contribution in [0.3, 0.4) is 0 Å². The Morgan fingerprint density at radius 1 is 1.57 bits per heavy atom. The third kappa shape index (κ3) is 8.13. The number of hydrogen-bond donors (Lipinski definition) is 3. The molecule has 7 heteroatoms. The number of thioether (sulfide) groups is 1. The monoisotopic (exact) mass is 334 g/mol. The summed E-state index contributed by atoms with van der Waals surface area (Å²) in [5.41, 5.74) is 2.15. The van der Waals surface area contributed by atoms with Gasteiger partial charge in [-0.1, -0.05) is 0 Å². The maximum atomic E-state index is 9.97. The molecule has 0 aliphatic rings. The van der Waals surface area contributed by atoms with Crippen molar-refractivity contribution in [2.24, 2.45) is 0 Å². The zero-order valence-corrected chi connectivity index (χ0v) is 14.6. The van der Waals surface area contributed by atoms with Crippen LogP contribution in [0, 0.1) is 6.92 Å². The van der Waals surface area contributed by atoms with E-state index in [-0.39, 0.29) is 0 Å². The van der Waals surface area contributed by atoms with Crippen molar-refractivity contribution in [2.75, 3.05) is 38.3 Å². The Morgan fingerprint density at radius 2 is 2.33 bits per heavy atom. The average Bonchev–Trinajstić information content (AvgIpc) is 2.80. The molecule has 2 unspecified atom stereocenters. The van der Waals surface area contributed by atoms with Crippen LogP contribution in [0.1, 0.15) is 17.5 Å². The molecular weight excluding hydrogens is 308 g/mol. The van der Waals surface area contributed by atoms with Crippen molar-refractivity contribution in [3.05, 3.63) is 16.1 Å². The Bertz CT molecular complexity index is 399. The summed E-state index contributed by atoms with van der Waals surface area (Å²) in [6.07, 6.45) is 2.23. The third-order valence-electron chi connectivity index (χ3n) is 2.97. The lowest BCUT2D eigenvalue weighted by Crippen LogP contribution is -2.43. The number of rotatable bonds is 11.